The van der Waals surface area contributed by atoms with Crippen molar-refractivity contribution < 1.29 is 4.79 Å². The second-order valence-corrected chi connectivity index (χ2v) is 4.59. The van der Waals surface area contributed by atoms with Crippen LogP contribution in [-0.2, 0) is 6.54 Å². The third-order valence-electron chi connectivity index (χ3n) is 2.68. The molecule has 0 atom stereocenters. The van der Waals surface area contributed by atoms with E-state index in [9.17, 15) is 4.79 Å². The average Bonchev–Trinajstić information content (AvgIpc) is 2.41. The molecule has 0 spiro atoms. The van der Waals surface area contributed by atoms with Crippen LogP contribution in [0.25, 0.3) is 0 Å². The van der Waals surface area contributed by atoms with Gasteiger partial charge in [0.1, 0.15) is 0 Å². The Kier molecular flexibility index (Phi) is 4.26. The maximum atomic E-state index is 12.1. The first-order valence-corrected chi connectivity index (χ1v) is 6.11. The zero-order chi connectivity index (χ0) is 13.7. The number of para-hydroxylation sites is 1. The third-order valence-corrected chi connectivity index (χ3v) is 2.68. The van der Waals surface area contributed by atoms with Gasteiger partial charge in [-0.15, -0.1) is 0 Å². The molecule has 98 valence electrons. The molecule has 0 aliphatic rings. The normalized spacial score (nSPS) is 10.5. The van der Waals surface area contributed by atoms with E-state index in [4.69, 9.17) is 0 Å². The summed E-state index contributed by atoms with van der Waals surface area (Å²) < 4.78 is 0. The van der Waals surface area contributed by atoms with E-state index in [0.29, 0.717) is 5.56 Å². The van der Waals surface area contributed by atoms with Gasteiger partial charge in [-0.1, -0.05) is 18.2 Å². The molecule has 2 aromatic rings. The molecule has 4 nitrogen and oxygen atoms in total. The Balaban J connectivity index is 2.17. The molecular weight excluding hydrogens is 238 g/mol. The van der Waals surface area contributed by atoms with E-state index in [0.717, 1.165) is 17.8 Å². The number of pyridine rings is 1. The standard InChI is InChI=1S/C15H17N3O/c1-18(2)11-13-6-3-4-8-14(13)17-15(19)12-7-5-9-16-10-12/h3-10H,11H2,1-2H3,(H,17,19). The number of amides is 1. The average molecular weight is 255 g/mol. The van der Waals surface area contributed by atoms with Crippen LogP contribution in [0.15, 0.2) is 48.8 Å². The summed E-state index contributed by atoms with van der Waals surface area (Å²) in [6.07, 6.45) is 3.21. The molecule has 1 N–H and O–H groups in total. The summed E-state index contributed by atoms with van der Waals surface area (Å²) in [4.78, 5) is 18.1. The molecule has 1 aromatic carbocycles. The monoisotopic (exact) mass is 255 g/mol. The number of rotatable bonds is 4. The van der Waals surface area contributed by atoms with Crippen LogP contribution in [0.4, 0.5) is 5.69 Å². The van der Waals surface area contributed by atoms with E-state index in [-0.39, 0.29) is 5.91 Å². The Morgan fingerprint density at radius 1 is 1.21 bits per heavy atom. The van der Waals surface area contributed by atoms with Gasteiger partial charge in [0.15, 0.2) is 0 Å². The minimum atomic E-state index is -0.140. The van der Waals surface area contributed by atoms with Crippen molar-refractivity contribution in [3.8, 4) is 0 Å². The smallest absolute Gasteiger partial charge is 0.257 e. The summed E-state index contributed by atoms with van der Waals surface area (Å²) in [5.74, 6) is -0.140. The lowest BCUT2D eigenvalue weighted by atomic mass is 10.1. The highest BCUT2D eigenvalue weighted by Gasteiger charge is 2.09. The van der Waals surface area contributed by atoms with Crippen LogP contribution in [0, 0.1) is 0 Å². The summed E-state index contributed by atoms with van der Waals surface area (Å²) >= 11 is 0. The molecule has 0 saturated heterocycles. The van der Waals surface area contributed by atoms with Crippen molar-refractivity contribution in [2.24, 2.45) is 0 Å². The summed E-state index contributed by atoms with van der Waals surface area (Å²) in [7, 11) is 4.00. The SMILES string of the molecule is CN(C)Cc1ccccc1NC(=O)c1cccnc1. The van der Waals surface area contributed by atoms with Gasteiger partial charge in [0.25, 0.3) is 5.91 Å². The van der Waals surface area contributed by atoms with Gasteiger partial charge in [-0.2, -0.15) is 0 Å². The highest BCUT2D eigenvalue weighted by molar-refractivity contribution is 6.04. The Labute approximate surface area is 113 Å². The molecule has 1 amide bonds. The molecule has 0 radical (unpaired) electrons. The van der Waals surface area contributed by atoms with Crippen molar-refractivity contribution in [2.45, 2.75) is 6.54 Å². The summed E-state index contributed by atoms with van der Waals surface area (Å²) in [5, 5.41) is 2.93. The fraction of sp³-hybridized carbons (Fsp3) is 0.200. The molecule has 0 unspecified atom stereocenters. The molecule has 1 heterocycles. The predicted octanol–water partition coefficient (Wildman–Crippen LogP) is 2.40. The number of nitrogens with one attached hydrogen (secondary N) is 1. The van der Waals surface area contributed by atoms with Crippen LogP contribution in [0.2, 0.25) is 0 Å². The van der Waals surface area contributed by atoms with E-state index in [1.54, 1.807) is 24.5 Å². The summed E-state index contributed by atoms with van der Waals surface area (Å²) in [6, 6.07) is 11.3. The van der Waals surface area contributed by atoms with E-state index < -0.39 is 0 Å². The number of hydrogen-bond donors (Lipinski definition) is 1. The van der Waals surface area contributed by atoms with Crippen LogP contribution in [0.3, 0.4) is 0 Å². The number of aromatic nitrogens is 1. The molecule has 2 rings (SSSR count). The number of anilines is 1. The Morgan fingerprint density at radius 3 is 2.68 bits per heavy atom. The van der Waals surface area contributed by atoms with Gasteiger partial charge >= 0.3 is 0 Å². The van der Waals surface area contributed by atoms with Crippen LogP contribution in [0.5, 0.6) is 0 Å². The zero-order valence-electron chi connectivity index (χ0n) is 11.1. The second kappa shape index (κ2) is 6.11. The first-order chi connectivity index (χ1) is 9.16. The van der Waals surface area contributed by atoms with Gasteiger partial charge in [-0.25, -0.2) is 0 Å². The molecule has 0 saturated carbocycles. The number of hydrogen-bond acceptors (Lipinski definition) is 3. The quantitative estimate of drug-likeness (QED) is 0.912. The van der Waals surface area contributed by atoms with Crippen LogP contribution in [-0.4, -0.2) is 29.9 Å². The van der Waals surface area contributed by atoms with Crippen molar-refractivity contribution in [3.63, 3.8) is 0 Å². The van der Waals surface area contributed by atoms with Gasteiger partial charge in [-0.05, 0) is 37.9 Å². The molecule has 0 bridgehead atoms. The molecule has 0 aliphatic heterocycles. The predicted molar refractivity (Wildman–Crippen MR) is 76.0 cm³/mol. The third kappa shape index (κ3) is 3.63. The Hall–Kier alpha value is -2.20. The van der Waals surface area contributed by atoms with E-state index in [1.807, 2.05) is 38.4 Å². The minimum Gasteiger partial charge on any atom is -0.322 e. The topological polar surface area (TPSA) is 45.2 Å². The van der Waals surface area contributed by atoms with Crippen molar-refractivity contribution in [3.05, 3.63) is 59.9 Å². The zero-order valence-corrected chi connectivity index (χ0v) is 11.1. The highest BCUT2D eigenvalue weighted by Crippen LogP contribution is 2.17. The van der Waals surface area contributed by atoms with Crippen molar-refractivity contribution in [1.29, 1.82) is 0 Å². The maximum absolute atomic E-state index is 12.1. The van der Waals surface area contributed by atoms with Crippen molar-refractivity contribution in [2.75, 3.05) is 19.4 Å². The highest BCUT2D eigenvalue weighted by atomic mass is 16.1. The first kappa shape index (κ1) is 13.2. The molecule has 4 heteroatoms. The summed E-state index contributed by atoms with van der Waals surface area (Å²) in [6.45, 7) is 0.781. The van der Waals surface area contributed by atoms with Gasteiger partial charge in [0.2, 0.25) is 0 Å². The Morgan fingerprint density at radius 2 is 2.00 bits per heavy atom. The lowest BCUT2D eigenvalue weighted by Gasteiger charge is -2.14. The lowest BCUT2D eigenvalue weighted by molar-refractivity contribution is 0.102. The number of carbonyl (C=O) groups is 1. The van der Waals surface area contributed by atoms with Crippen molar-refractivity contribution >= 4 is 11.6 Å². The molecule has 0 fully saturated rings. The molecular formula is C15H17N3O. The van der Waals surface area contributed by atoms with Gasteiger partial charge in [0.05, 0.1) is 5.56 Å². The largest absolute Gasteiger partial charge is 0.322 e. The lowest BCUT2D eigenvalue weighted by Crippen LogP contribution is -2.16. The summed E-state index contributed by atoms with van der Waals surface area (Å²) in [5.41, 5.74) is 2.48. The van der Waals surface area contributed by atoms with E-state index in [1.165, 1.54) is 0 Å². The first-order valence-electron chi connectivity index (χ1n) is 6.11. The molecule has 0 aliphatic carbocycles. The fourth-order valence-electron chi connectivity index (χ4n) is 1.81. The van der Waals surface area contributed by atoms with E-state index in [2.05, 4.69) is 15.2 Å². The van der Waals surface area contributed by atoms with Crippen LogP contribution < -0.4 is 5.32 Å². The number of nitrogens with zero attached hydrogens (tertiary/aromatic N) is 2. The van der Waals surface area contributed by atoms with Crippen molar-refractivity contribution in [1.82, 2.24) is 9.88 Å². The van der Waals surface area contributed by atoms with Gasteiger partial charge in [0, 0.05) is 24.6 Å². The molecule has 19 heavy (non-hydrogen) atoms. The van der Waals surface area contributed by atoms with E-state index >= 15 is 0 Å². The van der Waals surface area contributed by atoms with Crippen LogP contribution >= 0.6 is 0 Å². The fourth-order valence-corrected chi connectivity index (χ4v) is 1.81. The number of benzene rings is 1. The maximum Gasteiger partial charge on any atom is 0.257 e. The van der Waals surface area contributed by atoms with Crippen LogP contribution in [0.1, 0.15) is 15.9 Å². The van der Waals surface area contributed by atoms with Gasteiger partial charge in [-0.3, -0.25) is 9.78 Å². The molecule has 1 aromatic heterocycles. The second-order valence-electron chi connectivity index (χ2n) is 4.59. The minimum absolute atomic E-state index is 0.140. The number of carbonyl (C=O) groups excluding carboxylic acids is 1. The van der Waals surface area contributed by atoms with Gasteiger partial charge < -0.3 is 10.2 Å². The Bertz CT molecular complexity index is 552.